The zero-order valence-corrected chi connectivity index (χ0v) is 11.9. The molecule has 0 bridgehead atoms. The van der Waals surface area contributed by atoms with E-state index in [4.69, 9.17) is 33.4 Å². The van der Waals surface area contributed by atoms with Gasteiger partial charge in [0.05, 0.1) is 0 Å². The molecule has 0 spiro atoms. The minimum Gasteiger partial charge on any atom is -0.479 e. The Hall–Kier alpha value is -1.56. The van der Waals surface area contributed by atoms with Crippen molar-refractivity contribution in [3.63, 3.8) is 0 Å². The molecule has 0 saturated heterocycles. The lowest BCUT2D eigenvalue weighted by atomic mass is 10.2. The summed E-state index contributed by atoms with van der Waals surface area (Å²) in [6.07, 6.45) is 1.20. The Kier molecular flexibility index (Phi) is 6.51. The van der Waals surface area contributed by atoms with Crippen molar-refractivity contribution in [1.29, 1.82) is 0 Å². The lowest BCUT2D eigenvalue weighted by Crippen LogP contribution is -2.28. The van der Waals surface area contributed by atoms with Gasteiger partial charge >= 0.3 is 5.97 Å². The number of halogens is 2. The summed E-state index contributed by atoms with van der Waals surface area (Å²) < 4.78 is 0. The quantitative estimate of drug-likeness (QED) is 0.700. The minimum atomic E-state index is -1.48. The van der Waals surface area contributed by atoms with Crippen LogP contribution in [0.1, 0.15) is 12.0 Å². The van der Waals surface area contributed by atoms with Crippen LogP contribution in [0.15, 0.2) is 24.3 Å². The summed E-state index contributed by atoms with van der Waals surface area (Å²) >= 11 is 11.7. The number of carboxylic acid groups (broad SMARTS) is 1. The van der Waals surface area contributed by atoms with Gasteiger partial charge in [-0.3, -0.25) is 4.79 Å². The highest BCUT2D eigenvalue weighted by atomic mass is 35.5. The van der Waals surface area contributed by atoms with Gasteiger partial charge in [-0.2, -0.15) is 0 Å². The average Bonchev–Trinajstić information content (AvgIpc) is 2.39. The molecule has 7 heteroatoms. The predicted octanol–water partition coefficient (Wildman–Crippen LogP) is 1.96. The first-order valence-electron chi connectivity index (χ1n) is 5.72. The molecule has 5 nitrogen and oxygen atoms in total. The summed E-state index contributed by atoms with van der Waals surface area (Å²) in [6, 6.07) is 4.86. The summed E-state index contributed by atoms with van der Waals surface area (Å²) in [5, 5.41) is 20.9. The first-order valence-corrected chi connectivity index (χ1v) is 6.47. The first-order chi connectivity index (χ1) is 9.40. The van der Waals surface area contributed by atoms with Crippen molar-refractivity contribution in [3.05, 3.63) is 39.9 Å². The number of benzene rings is 1. The normalized spacial score (nSPS) is 12.3. The van der Waals surface area contributed by atoms with Crippen LogP contribution in [0.2, 0.25) is 10.0 Å². The Labute approximate surface area is 125 Å². The van der Waals surface area contributed by atoms with Crippen LogP contribution in [0.5, 0.6) is 0 Å². The van der Waals surface area contributed by atoms with Crippen molar-refractivity contribution >= 4 is 41.2 Å². The molecule has 0 aliphatic heterocycles. The molecule has 108 valence electrons. The van der Waals surface area contributed by atoms with Crippen molar-refractivity contribution in [2.24, 2.45) is 0 Å². The third-order valence-electron chi connectivity index (χ3n) is 2.37. The molecule has 1 aromatic carbocycles. The standard InChI is InChI=1S/C13H13Cl2NO4/c14-9-2-3-10(15)8(7-9)1-4-12(18)16-6-5-11(17)13(19)20/h1-4,7,11,17H,5-6H2,(H,16,18)(H,19,20)/b4-1+. The molecule has 1 atom stereocenters. The number of carbonyl (C=O) groups excluding carboxylic acids is 1. The summed E-state index contributed by atoms with van der Waals surface area (Å²) in [5.41, 5.74) is 0.597. The Morgan fingerprint density at radius 1 is 1.35 bits per heavy atom. The molecule has 1 amide bonds. The number of rotatable bonds is 6. The highest BCUT2D eigenvalue weighted by Crippen LogP contribution is 2.21. The van der Waals surface area contributed by atoms with Gasteiger partial charge in [0.2, 0.25) is 5.91 Å². The molecule has 0 heterocycles. The number of aliphatic carboxylic acids is 1. The van der Waals surface area contributed by atoms with E-state index in [9.17, 15) is 9.59 Å². The van der Waals surface area contributed by atoms with E-state index in [-0.39, 0.29) is 13.0 Å². The van der Waals surface area contributed by atoms with Crippen LogP contribution >= 0.6 is 23.2 Å². The SMILES string of the molecule is O=C(/C=C/c1cc(Cl)ccc1Cl)NCCC(O)C(=O)O. The molecule has 20 heavy (non-hydrogen) atoms. The number of carboxylic acids is 1. The largest absolute Gasteiger partial charge is 0.479 e. The predicted molar refractivity (Wildman–Crippen MR) is 76.8 cm³/mol. The Bertz CT molecular complexity index is 531. The van der Waals surface area contributed by atoms with Crippen LogP contribution in [0, 0.1) is 0 Å². The van der Waals surface area contributed by atoms with Crippen LogP contribution in [0.4, 0.5) is 0 Å². The topological polar surface area (TPSA) is 86.6 Å². The second-order valence-electron chi connectivity index (χ2n) is 3.93. The highest BCUT2D eigenvalue weighted by molar-refractivity contribution is 6.34. The van der Waals surface area contributed by atoms with E-state index in [0.717, 1.165) is 0 Å². The van der Waals surface area contributed by atoms with Gasteiger partial charge in [0.25, 0.3) is 0 Å². The molecule has 0 aliphatic rings. The van der Waals surface area contributed by atoms with E-state index in [1.54, 1.807) is 18.2 Å². The van der Waals surface area contributed by atoms with Crippen molar-refractivity contribution in [2.45, 2.75) is 12.5 Å². The number of amides is 1. The summed E-state index contributed by atoms with van der Waals surface area (Å²) in [7, 11) is 0. The van der Waals surface area contributed by atoms with E-state index < -0.39 is 18.0 Å². The number of hydrogen-bond acceptors (Lipinski definition) is 3. The fourth-order valence-electron chi connectivity index (χ4n) is 1.32. The van der Waals surface area contributed by atoms with Crippen LogP contribution in [0.25, 0.3) is 6.08 Å². The Morgan fingerprint density at radius 2 is 2.05 bits per heavy atom. The van der Waals surface area contributed by atoms with E-state index in [2.05, 4.69) is 5.32 Å². The van der Waals surface area contributed by atoms with E-state index >= 15 is 0 Å². The van der Waals surface area contributed by atoms with Crippen molar-refractivity contribution < 1.29 is 19.8 Å². The summed E-state index contributed by atoms with van der Waals surface area (Å²) in [4.78, 5) is 21.8. The summed E-state index contributed by atoms with van der Waals surface area (Å²) in [5.74, 6) is -1.74. The van der Waals surface area contributed by atoms with E-state index in [1.807, 2.05) is 0 Å². The molecular formula is C13H13Cl2NO4. The number of aliphatic hydroxyl groups excluding tert-OH is 1. The van der Waals surface area contributed by atoms with Crippen LogP contribution < -0.4 is 5.32 Å². The van der Waals surface area contributed by atoms with Gasteiger partial charge in [-0.15, -0.1) is 0 Å². The summed E-state index contributed by atoms with van der Waals surface area (Å²) in [6.45, 7) is 0.0555. The van der Waals surface area contributed by atoms with Crippen LogP contribution in [-0.2, 0) is 9.59 Å². The number of hydrogen-bond donors (Lipinski definition) is 3. The fraction of sp³-hybridized carbons (Fsp3) is 0.231. The van der Waals surface area contributed by atoms with Gasteiger partial charge in [-0.05, 0) is 29.8 Å². The Balaban J connectivity index is 2.48. The van der Waals surface area contributed by atoms with Crippen LogP contribution in [0.3, 0.4) is 0 Å². The molecule has 0 fully saturated rings. The molecule has 3 N–H and O–H groups in total. The average molecular weight is 318 g/mol. The van der Waals surface area contributed by atoms with Gasteiger partial charge in [0.15, 0.2) is 6.10 Å². The Morgan fingerprint density at radius 3 is 2.70 bits per heavy atom. The second kappa shape index (κ2) is 7.89. The molecule has 0 saturated carbocycles. The van der Waals surface area contributed by atoms with E-state index in [1.165, 1.54) is 12.2 Å². The fourth-order valence-corrected chi connectivity index (χ4v) is 1.68. The first kappa shape index (κ1) is 16.5. The maximum absolute atomic E-state index is 11.5. The molecular weight excluding hydrogens is 305 g/mol. The minimum absolute atomic E-state index is 0.0555. The van der Waals surface area contributed by atoms with Gasteiger partial charge in [-0.1, -0.05) is 23.2 Å². The van der Waals surface area contributed by atoms with Gasteiger partial charge in [-0.25, -0.2) is 4.79 Å². The lowest BCUT2D eigenvalue weighted by Gasteiger charge is -2.05. The third-order valence-corrected chi connectivity index (χ3v) is 2.95. The van der Waals surface area contributed by atoms with Crippen molar-refractivity contribution in [1.82, 2.24) is 5.32 Å². The number of nitrogens with one attached hydrogen (secondary N) is 1. The van der Waals surface area contributed by atoms with Crippen molar-refractivity contribution in [3.8, 4) is 0 Å². The molecule has 1 unspecified atom stereocenters. The monoisotopic (exact) mass is 317 g/mol. The van der Waals surface area contributed by atoms with Gasteiger partial charge in [0, 0.05) is 29.1 Å². The molecule has 1 aromatic rings. The smallest absolute Gasteiger partial charge is 0.332 e. The lowest BCUT2D eigenvalue weighted by molar-refractivity contribution is -0.147. The van der Waals surface area contributed by atoms with E-state index in [0.29, 0.717) is 15.6 Å². The van der Waals surface area contributed by atoms with Gasteiger partial charge < -0.3 is 15.5 Å². The second-order valence-corrected chi connectivity index (χ2v) is 4.78. The molecule has 0 radical (unpaired) electrons. The molecule has 0 aromatic heterocycles. The third kappa shape index (κ3) is 5.61. The van der Waals surface area contributed by atoms with Crippen LogP contribution in [-0.4, -0.2) is 34.7 Å². The number of aliphatic hydroxyl groups is 1. The highest BCUT2D eigenvalue weighted by Gasteiger charge is 2.12. The maximum atomic E-state index is 11.5. The zero-order valence-electron chi connectivity index (χ0n) is 10.3. The van der Waals surface area contributed by atoms with Crippen molar-refractivity contribution in [2.75, 3.05) is 6.54 Å². The van der Waals surface area contributed by atoms with Gasteiger partial charge in [0.1, 0.15) is 0 Å². The maximum Gasteiger partial charge on any atom is 0.332 e. The number of carbonyl (C=O) groups is 2. The molecule has 0 aliphatic carbocycles. The zero-order chi connectivity index (χ0) is 15.1. The molecule has 1 rings (SSSR count).